The Labute approximate surface area is 134 Å². The van der Waals surface area contributed by atoms with Crippen LogP contribution in [0.3, 0.4) is 0 Å². The van der Waals surface area contributed by atoms with Gasteiger partial charge in [-0.2, -0.15) is 0 Å². The Morgan fingerprint density at radius 2 is 2.09 bits per heavy atom. The van der Waals surface area contributed by atoms with Crippen molar-refractivity contribution in [2.24, 2.45) is 0 Å². The van der Waals surface area contributed by atoms with Crippen molar-refractivity contribution < 1.29 is 9.21 Å². The van der Waals surface area contributed by atoms with Crippen LogP contribution in [0.2, 0.25) is 5.02 Å². The van der Waals surface area contributed by atoms with E-state index in [0.717, 1.165) is 37.5 Å². The normalized spacial score (nSPS) is 16.0. The molecule has 0 N–H and O–H groups in total. The lowest BCUT2D eigenvalue weighted by Gasteiger charge is -2.33. The van der Waals surface area contributed by atoms with Crippen molar-refractivity contribution in [1.29, 1.82) is 0 Å². The van der Waals surface area contributed by atoms with Crippen molar-refractivity contribution in [2.75, 3.05) is 26.2 Å². The van der Waals surface area contributed by atoms with Gasteiger partial charge in [0.15, 0.2) is 5.76 Å². The molecule has 0 aliphatic carbocycles. The van der Waals surface area contributed by atoms with Crippen LogP contribution in [-0.2, 0) is 11.3 Å². The first-order chi connectivity index (χ1) is 10.6. The number of aromatic nitrogens is 1. The molecule has 1 fully saturated rings. The second-order valence-electron chi connectivity index (χ2n) is 5.41. The molecular weight excluding hydrogens is 302 g/mol. The summed E-state index contributed by atoms with van der Waals surface area (Å²) in [5, 5.41) is 0.677. The van der Waals surface area contributed by atoms with Gasteiger partial charge in [-0.25, -0.2) is 4.98 Å². The van der Waals surface area contributed by atoms with E-state index in [2.05, 4.69) is 9.88 Å². The van der Waals surface area contributed by atoms with Crippen molar-refractivity contribution in [1.82, 2.24) is 14.8 Å². The van der Waals surface area contributed by atoms with Crippen LogP contribution < -0.4 is 0 Å². The number of carbonyl (C=O) groups is 1. The lowest BCUT2D eigenvalue weighted by Crippen LogP contribution is -2.47. The highest BCUT2D eigenvalue weighted by Crippen LogP contribution is 2.24. The van der Waals surface area contributed by atoms with Crippen molar-refractivity contribution in [3.63, 3.8) is 0 Å². The molecule has 1 amide bonds. The van der Waals surface area contributed by atoms with Gasteiger partial charge >= 0.3 is 0 Å². The number of nitrogens with zero attached hydrogens (tertiary/aromatic N) is 3. The van der Waals surface area contributed by atoms with Crippen LogP contribution in [0.1, 0.15) is 12.8 Å². The molecule has 22 heavy (non-hydrogen) atoms. The second kappa shape index (κ2) is 6.50. The average molecular weight is 320 g/mol. The van der Waals surface area contributed by atoms with Crippen LogP contribution in [0.4, 0.5) is 0 Å². The lowest BCUT2D eigenvalue weighted by atomic mass is 10.2. The number of hydrogen-bond donors (Lipinski definition) is 0. The van der Waals surface area contributed by atoms with Gasteiger partial charge < -0.3 is 9.32 Å². The third-order valence-corrected chi connectivity index (χ3v) is 4.07. The van der Waals surface area contributed by atoms with Gasteiger partial charge in [0.2, 0.25) is 11.8 Å². The van der Waals surface area contributed by atoms with Gasteiger partial charge in [-0.05, 0) is 12.1 Å². The molecule has 1 aliphatic heterocycles. The van der Waals surface area contributed by atoms with E-state index in [0.29, 0.717) is 17.5 Å². The van der Waals surface area contributed by atoms with Crippen molar-refractivity contribution >= 4 is 17.5 Å². The number of amides is 1. The van der Waals surface area contributed by atoms with E-state index < -0.39 is 0 Å². The average Bonchev–Trinajstić information content (AvgIpc) is 2.96. The van der Waals surface area contributed by atoms with Crippen LogP contribution in [0.15, 0.2) is 34.9 Å². The summed E-state index contributed by atoms with van der Waals surface area (Å²) in [6, 6.07) is 7.52. The molecule has 2 heterocycles. The molecule has 5 nitrogen and oxygen atoms in total. The molecule has 0 radical (unpaired) electrons. The van der Waals surface area contributed by atoms with Gasteiger partial charge in [0.25, 0.3) is 0 Å². The first-order valence-corrected chi connectivity index (χ1v) is 7.68. The second-order valence-corrected chi connectivity index (χ2v) is 5.85. The van der Waals surface area contributed by atoms with Crippen LogP contribution in [-0.4, -0.2) is 46.9 Å². The molecule has 1 aromatic carbocycles. The number of carbonyl (C=O) groups excluding carboxylic acids is 1. The van der Waals surface area contributed by atoms with E-state index in [9.17, 15) is 4.79 Å². The van der Waals surface area contributed by atoms with E-state index in [1.807, 2.05) is 29.2 Å². The van der Waals surface area contributed by atoms with Crippen molar-refractivity contribution in [3.8, 4) is 11.3 Å². The standard InChI is InChI=1S/C16H18ClN3O2/c1-12(21)20-7-5-19(6-8-20)11-16-18-10-15(22-16)13-3-2-4-14(17)9-13/h2-4,9-10H,5-8,11H2,1H3. The maximum absolute atomic E-state index is 11.3. The highest BCUT2D eigenvalue weighted by molar-refractivity contribution is 6.30. The van der Waals surface area contributed by atoms with Crippen LogP contribution in [0.5, 0.6) is 0 Å². The lowest BCUT2D eigenvalue weighted by molar-refractivity contribution is -0.130. The molecule has 1 aromatic heterocycles. The summed E-state index contributed by atoms with van der Waals surface area (Å²) < 4.78 is 5.81. The SMILES string of the molecule is CC(=O)N1CCN(Cc2ncc(-c3cccc(Cl)c3)o2)CC1. The van der Waals surface area contributed by atoms with Gasteiger partial charge in [-0.1, -0.05) is 23.7 Å². The van der Waals surface area contributed by atoms with Crippen LogP contribution in [0, 0.1) is 0 Å². The quantitative estimate of drug-likeness (QED) is 0.872. The minimum absolute atomic E-state index is 0.138. The minimum Gasteiger partial charge on any atom is -0.439 e. The Bertz CT molecular complexity index is 663. The number of piperazine rings is 1. The van der Waals surface area contributed by atoms with E-state index in [-0.39, 0.29) is 5.91 Å². The molecule has 0 atom stereocenters. The summed E-state index contributed by atoms with van der Waals surface area (Å²) in [5.41, 5.74) is 0.924. The first-order valence-electron chi connectivity index (χ1n) is 7.30. The molecule has 0 bridgehead atoms. The summed E-state index contributed by atoms with van der Waals surface area (Å²) >= 11 is 5.99. The van der Waals surface area contributed by atoms with Gasteiger partial charge in [-0.3, -0.25) is 9.69 Å². The molecule has 0 spiro atoms. The van der Waals surface area contributed by atoms with Gasteiger partial charge in [0.05, 0.1) is 12.7 Å². The summed E-state index contributed by atoms with van der Waals surface area (Å²) in [5.74, 6) is 1.55. The van der Waals surface area contributed by atoms with Gasteiger partial charge in [0, 0.05) is 43.7 Å². The third-order valence-electron chi connectivity index (χ3n) is 3.84. The molecule has 6 heteroatoms. The summed E-state index contributed by atoms with van der Waals surface area (Å²) in [6.07, 6.45) is 1.73. The Morgan fingerprint density at radius 3 is 2.77 bits per heavy atom. The topological polar surface area (TPSA) is 49.6 Å². The fourth-order valence-corrected chi connectivity index (χ4v) is 2.76. The number of rotatable bonds is 3. The Balaban J connectivity index is 1.62. The summed E-state index contributed by atoms with van der Waals surface area (Å²) in [7, 11) is 0. The van der Waals surface area contributed by atoms with E-state index in [4.69, 9.17) is 16.0 Å². The zero-order valence-electron chi connectivity index (χ0n) is 12.5. The summed E-state index contributed by atoms with van der Waals surface area (Å²) in [4.78, 5) is 19.8. The zero-order chi connectivity index (χ0) is 15.5. The predicted octanol–water partition coefficient (Wildman–Crippen LogP) is 2.66. The minimum atomic E-state index is 0.138. The molecule has 0 unspecified atom stereocenters. The first kappa shape index (κ1) is 15.1. The maximum Gasteiger partial charge on any atom is 0.219 e. The predicted molar refractivity (Wildman–Crippen MR) is 84.5 cm³/mol. The Morgan fingerprint density at radius 1 is 1.32 bits per heavy atom. The third kappa shape index (κ3) is 3.48. The Hall–Kier alpha value is -1.85. The maximum atomic E-state index is 11.3. The molecule has 0 saturated carbocycles. The molecule has 3 rings (SSSR count). The van der Waals surface area contributed by atoms with Gasteiger partial charge in [0.1, 0.15) is 0 Å². The van der Waals surface area contributed by atoms with Crippen LogP contribution in [0.25, 0.3) is 11.3 Å². The smallest absolute Gasteiger partial charge is 0.219 e. The number of benzene rings is 1. The fourth-order valence-electron chi connectivity index (χ4n) is 2.57. The number of halogens is 1. The molecule has 1 aliphatic rings. The molecule has 2 aromatic rings. The van der Waals surface area contributed by atoms with E-state index in [1.165, 1.54) is 0 Å². The number of oxazole rings is 1. The molecular formula is C16H18ClN3O2. The molecule has 116 valence electrons. The van der Waals surface area contributed by atoms with Gasteiger partial charge in [-0.15, -0.1) is 0 Å². The van der Waals surface area contributed by atoms with Crippen LogP contribution >= 0.6 is 11.6 Å². The summed E-state index contributed by atoms with van der Waals surface area (Å²) in [6.45, 7) is 5.48. The van der Waals surface area contributed by atoms with Crippen molar-refractivity contribution in [2.45, 2.75) is 13.5 Å². The fraction of sp³-hybridized carbons (Fsp3) is 0.375. The van der Waals surface area contributed by atoms with Crippen molar-refractivity contribution in [3.05, 3.63) is 41.4 Å². The largest absolute Gasteiger partial charge is 0.439 e. The van der Waals surface area contributed by atoms with E-state index in [1.54, 1.807) is 13.1 Å². The zero-order valence-corrected chi connectivity index (χ0v) is 13.2. The highest BCUT2D eigenvalue weighted by atomic mass is 35.5. The molecule has 1 saturated heterocycles. The highest BCUT2D eigenvalue weighted by Gasteiger charge is 2.20. The number of hydrogen-bond acceptors (Lipinski definition) is 4. The Kier molecular flexibility index (Phi) is 4.45. The van der Waals surface area contributed by atoms with E-state index >= 15 is 0 Å². The monoisotopic (exact) mass is 319 g/mol.